The molecule has 33 heavy (non-hydrogen) atoms. The number of cyclic esters (lactones) is 1. The number of ether oxygens (including phenoxy) is 1. The fraction of sp³-hybridized carbons (Fsp3) is 0.250. The standard InChI is InChI=1S/C24H20N4O5/c25-10-20(29)26-8-4-3-5-13-14-6-1-2-7-18(14)27-21-16(13)11-28-19(21)9-15-17(23(28)31)12-33-24(32)22(15)30/h1-2,6-7,9,22,30H,4,8,10-12,25H2,(H,26,29)/t22-/m0/s1. The van der Waals surface area contributed by atoms with E-state index < -0.39 is 12.1 Å². The first-order valence-electron chi connectivity index (χ1n) is 10.5. The molecule has 9 nitrogen and oxygen atoms in total. The van der Waals surface area contributed by atoms with Crippen molar-refractivity contribution in [2.24, 2.45) is 5.73 Å². The van der Waals surface area contributed by atoms with Gasteiger partial charge in [-0.1, -0.05) is 30.0 Å². The smallest absolute Gasteiger partial charge is 0.340 e. The normalized spacial score (nSPS) is 15.7. The van der Waals surface area contributed by atoms with Crippen molar-refractivity contribution in [3.8, 4) is 23.2 Å². The Morgan fingerprint density at radius 3 is 2.94 bits per heavy atom. The molecule has 5 rings (SSSR count). The summed E-state index contributed by atoms with van der Waals surface area (Å²) in [7, 11) is 0. The van der Waals surface area contributed by atoms with Gasteiger partial charge in [0.15, 0.2) is 6.10 Å². The van der Waals surface area contributed by atoms with Gasteiger partial charge in [-0.25, -0.2) is 9.78 Å². The minimum Gasteiger partial charge on any atom is -0.458 e. The number of aliphatic hydroxyl groups excluding tert-OH is 1. The molecule has 0 saturated carbocycles. The van der Waals surface area contributed by atoms with Gasteiger partial charge in [-0.15, -0.1) is 0 Å². The highest BCUT2D eigenvalue weighted by Gasteiger charge is 2.34. The number of benzene rings is 1. The molecular formula is C24H20N4O5. The number of carbonyl (C=O) groups is 2. The molecule has 1 atom stereocenters. The SMILES string of the molecule is NCC(=O)NCCC#Cc1c2c(nc3ccccc13)-c1cc3c(c(=O)n1C2)COC(=O)[C@H]3O. The third-order valence-corrected chi connectivity index (χ3v) is 5.83. The molecule has 0 aliphatic carbocycles. The van der Waals surface area contributed by atoms with Crippen LogP contribution < -0.4 is 16.6 Å². The second-order valence-corrected chi connectivity index (χ2v) is 7.80. The van der Waals surface area contributed by atoms with Gasteiger partial charge in [-0.3, -0.25) is 9.59 Å². The fourth-order valence-electron chi connectivity index (χ4n) is 4.21. The second-order valence-electron chi connectivity index (χ2n) is 7.80. The number of hydrogen-bond acceptors (Lipinski definition) is 7. The zero-order valence-electron chi connectivity index (χ0n) is 17.6. The van der Waals surface area contributed by atoms with Crippen LogP contribution in [0.15, 0.2) is 35.1 Å². The van der Waals surface area contributed by atoms with Crippen LogP contribution in [0.5, 0.6) is 0 Å². The van der Waals surface area contributed by atoms with Crippen LogP contribution in [0.1, 0.15) is 34.8 Å². The van der Waals surface area contributed by atoms with Crippen molar-refractivity contribution in [1.29, 1.82) is 0 Å². The van der Waals surface area contributed by atoms with Gasteiger partial charge in [0.05, 0.1) is 35.6 Å². The first kappa shape index (κ1) is 20.9. The van der Waals surface area contributed by atoms with E-state index in [0.717, 1.165) is 22.0 Å². The lowest BCUT2D eigenvalue weighted by Crippen LogP contribution is -2.32. The number of nitrogens with two attached hydrogens (primary N) is 1. The second kappa shape index (κ2) is 8.16. The van der Waals surface area contributed by atoms with E-state index in [-0.39, 0.29) is 42.3 Å². The topological polar surface area (TPSA) is 137 Å². The van der Waals surface area contributed by atoms with E-state index in [1.807, 2.05) is 24.3 Å². The Morgan fingerprint density at radius 2 is 2.12 bits per heavy atom. The molecule has 2 aliphatic rings. The van der Waals surface area contributed by atoms with Crippen molar-refractivity contribution >= 4 is 22.8 Å². The average molecular weight is 444 g/mol. The first-order chi connectivity index (χ1) is 16.0. The summed E-state index contributed by atoms with van der Waals surface area (Å²) in [5, 5.41) is 13.8. The number of hydrogen-bond donors (Lipinski definition) is 3. The molecule has 0 unspecified atom stereocenters. The molecule has 0 saturated heterocycles. The number of pyridine rings is 2. The summed E-state index contributed by atoms with van der Waals surface area (Å²) in [5.74, 6) is 5.28. The van der Waals surface area contributed by atoms with Crippen molar-refractivity contribution < 1.29 is 19.4 Å². The van der Waals surface area contributed by atoms with Crippen LogP contribution in [-0.2, 0) is 27.5 Å². The van der Waals surface area contributed by atoms with E-state index in [2.05, 4.69) is 17.2 Å². The van der Waals surface area contributed by atoms with Crippen molar-refractivity contribution in [1.82, 2.24) is 14.9 Å². The Balaban J connectivity index is 1.62. The maximum Gasteiger partial charge on any atom is 0.340 e. The zero-order chi connectivity index (χ0) is 23.1. The summed E-state index contributed by atoms with van der Waals surface area (Å²) >= 11 is 0. The molecule has 2 aliphatic heterocycles. The van der Waals surface area contributed by atoms with E-state index >= 15 is 0 Å². The number of nitrogens with one attached hydrogen (secondary N) is 1. The number of esters is 1. The zero-order valence-corrected chi connectivity index (χ0v) is 17.6. The number of fused-ring (bicyclic) bond motifs is 5. The number of aromatic nitrogens is 2. The van der Waals surface area contributed by atoms with Crippen LogP contribution in [0, 0.1) is 11.8 Å². The van der Waals surface area contributed by atoms with Gasteiger partial charge in [0.1, 0.15) is 6.61 Å². The molecule has 0 bridgehead atoms. The summed E-state index contributed by atoms with van der Waals surface area (Å²) in [4.78, 5) is 41.1. The predicted molar refractivity (Wildman–Crippen MR) is 119 cm³/mol. The highest BCUT2D eigenvalue weighted by atomic mass is 16.5. The van der Waals surface area contributed by atoms with Crippen LogP contribution in [0.3, 0.4) is 0 Å². The van der Waals surface area contributed by atoms with Gasteiger partial charge >= 0.3 is 5.97 Å². The molecule has 166 valence electrons. The van der Waals surface area contributed by atoms with Gasteiger partial charge in [-0.2, -0.15) is 0 Å². The number of carbonyl (C=O) groups excluding carboxylic acids is 2. The Kier molecular flexibility index (Phi) is 5.17. The van der Waals surface area contributed by atoms with Crippen LogP contribution in [0.4, 0.5) is 0 Å². The molecule has 4 heterocycles. The van der Waals surface area contributed by atoms with E-state index in [1.165, 1.54) is 0 Å². The molecule has 1 aromatic carbocycles. The monoisotopic (exact) mass is 444 g/mol. The Labute approximate surface area is 188 Å². The van der Waals surface area contributed by atoms with Gasteiger partial charge in [0.2, 0.25) is 5.91 Å². The summed E-state index contributed by atoms with van der Waals surface area (Å²) < 4.78 is 6.52. The third kappa shape index (κ3) is 3.46. The Bertz CT molecular complexity index is 1450. The molecule has 4 N–H and O–H groups in total. The van der Waals surface area contributed by atoms with Crippen molar-refractivity contribution in [3.05, 3.63) is 62.9 Å². The predicted octanol–water partition coefficient (Wildman–Crippen LogP) is 0.332. The Morgan fingerprint density at radius 1 is 1.30 bits per heavy atom. The molecular weight excluding hydrogens is 424 g/mol. The van der Waals surface area contributed by atoms with Crippen LogP contribution in [0.2, 0.25) is 0 Å². The van der Waals surface area contributed by atoms with Crippen molar-refractivity contribution in [3.63, 3.8) is 0 Å². The molecule has 1 amide bonds. The molecule has 0 spiro atoms. The quantitative estimate of drug-likeness (QED) is 0.235. The van der Waals surface area contributed by atoms with E-state index in [4.69, 9.17) is 15.5 Å². The van der Waals surface area contributed by atoms with Gasteiger partial charge in [-0.05, 0) is 12.1 Å². The number of para-hydroxylation sites is 1. The minimum absolute atomic E-state index is 0.0712. The lowest BCUT2D eigenvalue weighted by Gasteiger charge is -2.21. The number of nitrogens with zero attached hydrogens (tertiary/aromatic N) is 2. The van der Waals surface area contributed by atoms with Crippen molar-refractivity contribution in [2.45, 2.75) is 25.7 Å². The van der Waals surface area contributed by atoms with Gasteiger partial charge < -0.3 is 25.5 Å². The number of aliphatic hydroxyl groups is 1. The molecule has 0 fully saturated rings. The number of rotatable bonds is 3. The van der Waals surface area contributed by atoms with Gasteiger partial charge in [0.25, 0.3) is 5.56 Å². The highest BCUT2D eigenvalue weighted by molar-refractivity contribution is 5.91. The van der Waals surface area contributed by atoms with Crippen LogP contribution >= 0.6 is 0 Å². The minimum atomic E-state index is -1.50. The lowest BCUT2D eigenvalue weighted by molar-refractivity contribution is -0.157. The molecule has 9 heteroatoms. The molecule has 2 aromatic heterocycles. The number of amides is 1. The lowest BCUT2D eigenvalue weighted by atomic mass is 9.98. The maximum absolute atomic E-state index is 13.2. The maximum atomic E-state index is 13.2. The average Bonchev–Trinajstić information content (AvgIpc) is 3.19. The first-order valence-corrected chi connectivity index (χ1v) is 10.5. The fourth-order valence-corrected chi connectivity index (χ4v) is 4.21. The summed E-state index contributed by atoms with van der Waals surface area (Å²) in [6.45, 7) is 0.411. The van der Waals surface area contributed by atoms with E-state index in [1.54, 1.807) is 10.6 Å². The summed E-state index contributed by atoms with van der Waals surface area (Å²) in [6.07, 6.45) is -1.07. The Hall–Kier alpha value is -4.00. The van der Waals surface area contributed by atoms with Gasteiger partial charge in [0, 0.05) is 35.0 Å². The summed E-state index contributed by atoms with van der Waals surface area (Å²) in [5.41, 5.74) is 8.91. The molecule has 0 radical (unpaired) electrons. The largest absolute Gasteiger partial charge is 0.458 e. The highest BCUT2D eigenvalue weighted by Crippen LogP contribution is 2.37. The van der Waals surface area contributed by atoms with Crippen molar-refractivity contribution in [2.75, 3.05) is 13.1 Å². The molecule has 3 aromatic rings. The van der Waals surface area contributed by atoms with E-state index in [0.29, 0.717) is 24.4 Å². The summed E-state index contributed by atoms with van der Waals surface area (Å²) in [6, 6.07) is 9.21. The van der Waals surface area contributed by atoms with E-state index in [9.17, 15) is 19.5 Å². The van der Waals surface area contributed by atoms with Crippen LogP contribution in [-0.4, -0.2) is 39.6 Å². The van der Waals surface area contributed by atoms with Crippen LogP contribution in [0.25, 0.3) is 22.3 Å². The third-order valence-electron chi connectivity index (χ3n) is 5.83.